The molecule has 3 N–H and O–H groups in total. The highest BCUT2D eigenvalue weighted by Crippen LogP contribution is 2.35. The molecular formula is C28H36F3N5O7. The molecule has 0 radical (unpaired) electrons. The third kappa shape index (κ3) is 6.79. The molecule has 43 heavy (non-hydrogen) atoms. The second-order valence-corrected chi connectivity index (χ2v) is 12.2. The van der Waals surface area contributed by atoms with Crippen LogP contribution in [0.15, 0.2) is 23.5 Å². The van der Waals surface area contributed by atoms with Crippen molar-refractivity contribution in [3.63, 3.8) is 0 Å². The lowest BCUT2D eigenvalue weighted by Gasteiger charge is -2.42. The highest BCUT2D eigenvalue weighted by atomic mass is 19.2. The van der Waals surface area contributed by atoms with Crippen molar-refractivity contribution in [2.45, 2.75) is 88.6 Å². The third-order valence-corrected chi connectivity index (χ3v) is 7.99. The Morgan fingerprint density at radius 2 is 1.74 bits per heavy atom. The molecule has 1 aromatic heterocycles. The van der Waals surface area contributed by atoms with Crippen molar-refractivity contribution in [3.05, 3.63) is 35.8 Å². The molecule has 0 aliphatic carbocycles. The average Bonchev–Trinajstić information content (AvgIpc) is 3.63. The first kappa shape index (κ1) is 31.2. The van der Waals surface area contributed by atoms with Crippen LogP contribution < -0.4 is 0 Å². The number of rotatable bonds is 6. The second-order valence-electron chi connectivity index (χ2n) is 12.2. The van der Waals surface area contributed by atoms with Crippen LogP contribution in [-0.2, 0) is 14.3 Å². The summed E-state index contributed by atoms with van der Waals surface area (Å²) in [6.45, 7) is 5.98. The molecule has 1 amide bonds. The zero-order chi connectivity index (χ0) is 31.1. The number of oxime groups is 1. The van der Waals surface area contributed by atoms with Gasteiger partial charge in [0, 0.05) is 37.4 Å². The van der Waals surface area contributed by atoms with E-state index >= 15 is 0 Å². The van der Waals surface area contributed by atoms with Crippen LogP contribution in [0, 0.1) is 23.4 Å². The Hall–Kier alpha value is -3.27. The number of aliphatic hydroxyl groups excluding tert-OH is 3. The predicted octanol–water partition coefficient (Wildman–Crippen LogP) is 2.57. The van der Waals surface area contributed by atoms with Crippen molar-refractivity contribution in [1.82, 2.24) is 19.9 Å². The Balaban J connectivity index is 1.22. The van der Waals surface area contributed by atoms with Gasteiger partial charge in [0.1, 0.15) is 41.8 Å². The lowest BCUT2D eigenvalue weighted by Crippen LogP contribution is -2.56. The molecule has 0 bridgehead atoms. The summed E-state index contributed by atoms with van der Waals surface area (Å²) >= 11 is 0. The van der Waals surface area contributed by atoms with E-state index in [-0.39, 0.29) is 35.8 Å². The molecule has 2 fully saturated rings. The Morgan fingerprint density at radius 1 is 1.09 bits per heavy atom. The van der Waals surface area contributed by atoms with Crippen LogP contribution in [0.2, 0.25) is 0 Å². The maximum Gasteiger partial charge on any atom is 0.410 e. The topological polar surface area (TPSA) is 152 Å². The molecule has 1 aromatic carbocycles. The normalized spacial score (nSPS) is 28.5. The fourth-order valence-corrected chi connectivity index (χ4v) is 5.75. The van der Waals surface area contributed by atoms with E-state index < -0.39 is 60.1 Å². The number of nitrogens with zero attached hydrogens (tertiary/aromatic N) is 5. The van der Waals surface area contributed by atoms with Gasteiger partial charge in [0.15, 0.2) is 17.5 Å². The van der Waals surface area contributed by atoms with Gasteiger partial charge in [-0.2, -0.15) is 0 Å². The zero-order valence-corrected chi connectivity index (χ0v) is 24.1. The summed E-state index contributed by atoms with van der Waals surface area (Å²) in [5.41, 5.74) is -0.0464. The van der Waals surface area contributed by atoms with Crippen molar-refractivity contribution >= 4 is 11.8 Å². The first-order valence-corrected chi connectivity index (χ1v) is 14.2. The number of benzene rings is 1. The summed E-state index contributed by atoms with van der Waals surface area (Å²) in [5.74, 6) is -4.26. The number of aliphatic hydroxyl groups is 3. The van der Waals surface area contributed by atoms with Crippen molar-refractivity contribution in [2.75, 3.05) is 19.7 Å². The van der Waals surface area contributed by atoms with Crippen molar-refractivity contribution in [3.8, 4) is 11.3 Å². The summed E-state index contributed by atoms with van der Waals surface area (Å²) in [6, 6.07) is 0.390. The molecule has 12 nitrogen and oxygen atoms in total. The van der Waals surface area contributed by atoms with Gasteiger partial charge in [-0.25, -0.2) is 22.6 Å². The van der Waals surface area contributed by atoms with Crippen molar-refractivity contribution in [1.29, 1.82) is 0 Å². The Kier molecular flexibility index (Phi) is 8.97. The monoisotopic (exact) mass is 611 g/mol. The summed E-state index contributed by atoms with van der Waals surface area (Å²) in [5, 5.41) is 44.0. The van der Waals surface area contributed by atoms with Gasteiger partial charge >= 0.3 is 6.09 Å². The van der Waals surface area contributed by atoms with Crippen LogP contribution in [0.4, 0.5) is 18.0 Å². The number of likely N-dealkylation sites (tertiary alicyclic amines) is 1. The minimum absolute atomic E-state index is 0.0186. The molecule has 0 spiro atoms. The number of hydrogen-bond acceptors (Lipinski definition) is 10. The molecule has 4 heterocycles. The first-order chi connectivity index (χ1) is 20.3. The highest BCUT2D eigenvalue weighted by molar-refractivity contribution is 5.86. The molecule has 3 aliphatic heterocycles. The molecule has 3 aliphatic rings. The van der Waals surface area contributed by atoms with Gasteiger partial charge in [0.25, 0.3) is 0 Å². The van der Waals surface area contributed by atoms with Gasteiger partial charge in [-0.3, -0.25) is 0 Å². The zero-order valence-electron chi connectivity index (χ0n) is 24.1. The highest BCUT2D eigenvalue weighted by Gasteiger charge is 2.47. The van der Waals surface area contributed by atoms with E-state index in [9.17, 15) is 33.3 Å². The number of aromatic nitrogens is 3. The summed E-state index contributed by atoms with van der Waals surface area (Å²) in [6.07, 6.45) is -1.97. The van der Waals surface area contributed by atoms with E-state index in [0.29, 0.717) is 38.1 Å². The lowest BCUT2D eigenvalue weighted by atomic mass is 9.86. The van der Waals surface area contributed by atoms with Gasteiger partial charge in [-0.1, -0.05) is 10.4 Å². The van der Waals surface area contributed by atoms with E-state index in [2.05, 4.69) is 15.5 Å². The van der Waals surface area contributed by atoms with Crippen LogP contribution in [0.1, 0.15) is 52.5 Å². The second kappa shape index (κ2) is 12.4. The van der Waals surface area contributed by atoms with Crippen LogP contribution in [-0.4, -0.2) is 103 Å². The molecular weight excluding hydrogens is 575 g/mol. The maximum atomic E-state index is 13.8. The van der Waals surface area contributed by atoms with Gasteiger partial charge in [0.2, 0.25) is 0 Å². The smallest absolute Gasteiger partial charge is 0.410 e. The molecule has 1 unspecified atom stereocenters. The van der Waals surface area contributed by atoms with Gasteiger partial charge < -0.3 is 34.5 Å². The molecule has 6 atom stereocenters. The number of halogens is 3. The molecule has 5 rings (SSSR count). The fourth-order valence-electron chi connectivity index (χ4n) is 5.75. The van der Waals surface area contributed by atoms with Gasteiger partial charge in [-0.15, -0.1) is 5.10 Å². The summed E-state index contributed by atoms with van der Waals surface area (Å²) < 4.78 is 53.4. The van der Waals surface area contributed by atoms with Crippen LogP contribution in [0.5, 0.6) is 0 Å². The number of hydrogen-bond donors (Lipinski definition) is 3. The standard InChI is InChI=1S/C28H36F3N5O7/c1-28(2,3)42-27(40)35-6-4-14(5-7-35)20-10-16(33-43-20)11-21-25(38)24(26(39)22(13-37)41-21)36-12-19(32-34-36)15-8-17(29)23(31)18(30)9-15/h8-9,12,14,20-22,24-26,37-39H,4-7,10-11,13H2,1-3H3/t20?,21-,22-,24-,25+,26+/m1/s1. The van der Waals surface area contributed by atoms with E-state index in [4.69, 9.17) is 14.3 Å². The molecule has 2 aromatic rings. The maximum absolute atomic E-state index is 13.8. The van der Waals surface area contributed by atoms with Gasteiger partial charge in [0.05, 0.1) is 24.6 Å². The SMILES string of the molecule is CC(C)(C)OC(=O)N1CCC(C2CC(C[C@H]3O[C@H](CO)[C@H](O)[C@H](n4cc(-c5cc(F)c(F)c(F)c5)nn4)[C@H]3O)=NO2)CC1. The largest absolute Gasteiger partial charge is 0.444 e. The minimum atomic E-state index is -1.62. The summed E-state index contributed by atoms with van der Waals surface area (Å²) in [7, 11) is 0. The minimum Gasteiger partial charge on any atom is -0.444 e. The van der Waals surface area contributed by atoms with E-state index in [1.165, 1.54) is 6.20 Å². The lowest BCUT2D eigenvalue weighted by molar-refractivity contribution is -0.203. The fraction of sp³-hybridized carbons (Fsp3) is 0.643. The Morgan fingerprint density at radius 3 is 2.37 bits per heavy atom. The Labute approximate surface area is 246 Å². The summed E-state index contributed by atoms with van der Waals surface area (Å²) in [4.78, 5) is 19.8. The molecule has 0 saturated carbocycles. The first-order valence-electron chi connectivity index (χ1n) is 14.2. The molecule has 236 valence electrons. The number of piperidine rings is 1. The average molecular weight is 612 g/mol. The molecule has 15 heteroatoms. The van der Waals surface area contributed by atoms with E-state index in [0.717, 1.165) is 16.8 Å². The van der Waals surface area contributed by atoms with Gasteiger partial charge in [-0.05, 0) is 45.7 Å². The van der Waals surface area contributed by atoms with Crippen molar-refractivity contribution < 1.29 is 47.6 Å². The van der Waals surface area contributed by atoms with Crippen LogP contribution in [0.3, 0.4) is 0 Å². The van der Waals surface area contributed by atoms with E-state index in [1.807, 2.05) is 20.8 Å². The Bertz CT molecular complexity index is 1320. The number of carbonyl (C=O) groups excluding carboxylic acids is 1. The predicted molar refractivity (Wildman–Crippen MR) is 144 cm³/mol. The van der Waals surface area contributed by atoms with E-state index in [1.54, 1.807) is 4.90 Å². The number of ether oxygens (including phenoxy) is 2. The van der Waals surface area contributed by atoms with Crippen LogP contribution >= 0.6 is 0 Å². The van der Waals surface area contributed by atoms with Crippen LogP contribution in [0.25, 0.3) is 11.3 Å². The van der Waals surface area contributed by atoms with Crippen molar-refractivity contribution in [2.24, 2.45) is 11.1 Å². The number of amides is 1. The molecule has 2 saturated heterocycles. The third-order valence-electron chi connectivity index (χ3n) is 7.99. The number of carbonyl (C=O) groups is 1. The quantitative estimate of drug-likeness (QED) is 0.419.